The van der Waals surface area contributed by atoms with Crippen LogP contribution in [0.4, 0.5) is 4.79 Å². The summed E-state index contributed by atoms with van der Waals surface area (Å²) < 4.78 is 10.2. The van der Waals surface area contributed by atoms with Crippen molar-refractivity contribution in [3.8, 4) is 11.5 Å². The molecule has 2 N–H and O–H groups in total. The zero-order valence-electron chi connectivity index (χ0n) is 15.5. The van der Waals surface area contributed by atoms with Gasteiger partial charge in [-0.1, -0.05) is 35.3 Å². The average Bonchev–Trinajstić information content (AvgIpc) is 2.72. The van der Waals surface area contributed by atoms with Crippen LogP contribution >= 0.6 is 23.2 Å². The van der Waals surface area contributed by atoms with E-state index in [1.807, 2.05) is 12.1 Å². The van der Waals surface area contributed by atoms with Gasteiger partial charge in [0.1, 0.15) is 12.4 Å². The topological polar surface area (TPSA) is 97.8 Å². The number of amides is 1. The van der Waals surface area contributed by atoms with Crippen molar-refractivity contribution in [2.45, 2.75) is 13.2 Å². The summed E-state index contributed by atoms with van der Waals surface area (Å²) in [5.41, 5.74) is 1.67. The summed E-state index contributed by atoms with van der Waals surface area (Å²) in [6.45, 7) is 0.411. The van der Waals surface area contributed by atoms with Crippen molar-refractivity contribution in [2.75, 3.05) is 0 Å². The first-order valence-electron chi connectivity index (χ1n) is 8.71. The maximum Gasteiger partial charge on any atom is 0.511 e. The number of benzene rings is 2. The second-order valence-electron chi connectivity index (χ2n) is 6.10. The third-order valence-electron chi connectivity index (χ3n) is 3.91. The number of hydrogen-bond donors (Lipinski definition) is 2. The maximum absolute atomic E-state index is 12.5. The van der Waals surface area contributed by atoms with E-state index in [-0.39, 0.29) is 29.5 Å². The smallest absolute Gasteiger partial charge is 0.489 e. The molecule has 154 valence electrons. The average molecular weight is 447 g/mol. The van der Waals surface area contributed by atoms with E-state index in [2.05, 4.69) is 15.0 Å². The van der Waals surface area contributed by atoms with Gasteiger partial charge in [0.2, 0.25) is 0 Å². The van der Waals surface area contributed by atoms with E-state index in [1.165, 1.54) is 12.3 Å². The standard InChI is InChI=1S/C21H16Cl2N2O5/c22-14-3-1-2-13(8-14)12-29-16-6-7-19(23)18(9-16)20(26)25-10-15-4-5-17(11-24-15)30-21(27)28/h1-9,11H,10,12H2,(H,25,26)(H,27,28). The molecule has 2 aromatic carbocycles. The zero-order valence-corrected chi connectivity index (χ0v) is 17.0. The van der Waals surface area contributed by atoms with Crippen molar-refractivity contribution >= 4 is 35.3 Å². The van der Waals surface area contributed by atoms with Gasteiger partial charge in [0.25, 0.3) is 5.91 Å². The van der Waals surface area contributed by atoms with E-state index in [1.54, 1.807) is 36.4 Å². The van der Waals surface area contributed by atoms with Gasteiger partial charge < -0.3 is 19.9 Å². The highest BCUT2D eigenvalue weighted by Crippen LogP contribution is 2.23. The number of hydrogen-bond acceptors (Lipinski definition) is 5. The minimum Gasteiger partial charge on any atom is -0.489 e. The van der Waals surface area contributed by atoms with Gasteiger partial charge in [0, 0.05) is 5.02 Å². The summed E-state index contributed by atoms with van der Waals surface area (Å²) in [4.78, 5) is 27.1. The number of ether oxygens (including phenoxy) is 2. The number of carbonyl (C=O) groups excluding carboxylic acids is 1. The molecule has 0 aliphatic rings. The zero-order chi connectivity index (χ0) is 21.5. The van der Waals surface area contributed by atoms with Gasteiger partial charge in [-0.05, 0) is 48.0 Å². The van der Waals surface area contributed by atoms with Gasteiger partial charge in [0.05, 0.1) is 29.0 Å². The van der Waals surface area contributed by atoms with Crippen molar-refractivity contribution in [3.63, 3.8) is 0 Å². The summed E-state index contributed by atoms with van der Waals surface area (Å²) >= 11 is 12.1. The first-order valence-corrected chi connectivity index (χ1v) is 9.47. The van der Waals surface area contributed by atoms with Crippen molar-refractivity contribution in [1.29, 1.82) is 0 Å². The molecule has 1 aromatic heterocycles. The lowest BCUT2D eigenvalue weighted by molar-refractivity contribution is 0.0950. The van der Waals surface area contributed by atoms with Crippen LogP contribution in [0.25, 0.3) is 0 Å². The van der Waals surface area contributed by atoms with Gasteiger partial charge in [-0.2, -0.15) is 0 Å². The minimum absolute atomic E-state index is 0.0881. The molecule has 0 unspecified atom stereocenters. The predicted molar refractivity (Wildman–Crippen MR) is 111 cm³/mol. The second-order valence-corrected chi connectivity index (χ2v) is 6.94. The van der Waals surface area contributed by atoms with E-state index in [4.69, 9.17) is 33.0 Å². The molecule has 3 aromatic rings. The van der Waals surface area contributed by atoms with Crippen LogP contribution in [0, 0.1) is 0 Å². The molecule has 0 fully saturated rings. The quantitative estimate of drug-likeness (QED) is 0.498. The fourth-order valence-corrected chi connectivity index (χ4v) is 2.92. The Morgan fingerprint density at radius 1 is 1.03 bits per heavy atom. The highest BCUT2D eigenvalue weighted by Gasteiger charge is 2.12. The molecule has 0 atom stereocenters. The summed E-state index contributed by atoms with van der Waals surface area (Å²) in [6.07, 6.45) is -0.169. The number of pyridine rings is 1. The number of nitrogens with one attached hydrogen (secondary N) is 1. The van der Waals surface area contributed by atoms with Crippen molar-refractivity contribution in [1.82, 2.24) is 10.3 Å². The van der Waals surface area contributed by atoms with Crippen LogP contribution in [-0.4, -0.2) is 22.2 Å². The van der Waals surface area contributed by atoms with Gasteiger partial charge in [-0.25, -0.2) is 4.79 Å². The third kappa shape index (κ3) is 6.10. The summed E-state index contributed by atoms with van der Waals surface area (Å²) in [6, 6.07) is 15.1. The summed E-state index contributed by atoms with van der Waals surface area (Å²) in [5.74, 6) is 0.170. The molecule has 0 saturated heterocycles. The van der Waals surface area contributed by atoms with Crippen LogP contribution in [-0.2, 0) is 13.2 Å². The monoisotopic (exact) mass is 446 g/mol. The second kappa shape index (κ2) is 9.96. The Balaban J connectivity index is 1.61. The Hall–Kier alpha value is -3.29. The highest BCUT2D eigenvalue weighted by molar-refractivity contribution is 6.33. The molecule has 0 radical (unpaired) electrons. The molecular weight excluding hydrogens is 431 g/mol. The van der Waals surface area contributed by atoms with E-state index in [0.29, 0.717) is 16.5 Å². The number of carboxylic acid groups (broad SMARTS) is 1. The molecule has 30 heavy (non-hydrogen) atoms. The van der Waals surface area contributed by atoms with Gasteiger partial charge in [0.15, 0.2) is 5.75 Å². The fourth-order valence-electron chi connectivity index (χ4n) is 2.50. The highest BCUT2D eigenvalue weighted by atomic mass is 35.5. The Bertz CT molecular complexity index is 1060. The van der Waals surface area contributed by atoms with Crippen molar-refractivity contribution in [3.05, 3.63) is 87.7 Å². The van der Waals surface area contributed by atoms with Crippen LogP contribution < -0.4 is 14.8 Å². The maximum atomic E-state index is 12.5. The Morgan fingerprint density at radius 2 is 1.83 bits per heavy atom. The summed E-state index contributed by atoms with van der Waals surface area (Å²) in [7, 11) is 0. The SMILES string of the molecule is O=C(O)Oc1ccc(CNC(=O)c2cc(OCc3cccc(Cl)c3)ccc2Cl)nc1. The van der Waals surface area contributed by atoms with Crippen LogP contribution in [0.2, 0.25) is 10.0 Å². The lowest BCUT2D eigenvalue weighted by Crippen LogP contribution is -2.23. The molecule has 7 nitrogen and oxygen atoms in total. The molecule has 0 aliphatic heterocycles. The minimum atomic E-state index is -1.43. The first kappa shape index (κ1) is 21.4. The third-order valence-corrected chi connectivity index (χ3v) is 4.47. The molecule has 0 aliphatic carbocycles. The Kier molecular flexibility index (Phi) is 7.11. The fraction of sp³-hybridized carbons (Fsp3) is 0.0952. The first-order chi connectivity index (χ1) is 14.4. The Morgan fingerprint density at radius 3 is 2.53 bits per heavy atom. The molecule has 1 heterocycles. The molecular formula is C21H16Cl2N2O5. The largest absolute Gasteiger partial charge is 0.511 e. The van der Waals surface area contributed by atoms with E-state index >= 15 is 0 Å². The molecule has 3 rings (SSSR count). The number of halogens is 2. The lowest BCUT2D eigenvalue weighted by Gasteiger charge is -2.11. The van der Waals surface area contributed by atoms with Gasteiger partial charge in [-0.3, -0.25) is 9.78 Å². The molecule has 9 heteroatoms. The number of nitrogens with zero attached hydrogens (tertiary/aromatic N) is 1. The number of carbonyl (C=O) groups is 2. The van der Waals surface area contributed by atoms with Crippen molar-refractivity contribution in [2.24, 2.45) is 0 Å². The molecule has 1 amide bonds. The van der Waals surface area contributed by atoms with Crippen LogP contribution in [0.15, 0.2) is 60.8 Å². The molecule has 0 bridgehead atoms. The van der Waals surface area contributed by atoms with Crippen LogP contribution in [0.5, 0.6) is 11.5 Å². The van der Waals surface area contributed by atoms with Crippen LogP contribution in [0.1, 0.15) is 21.6 Å². The lowest BCUT2D eigenvalue weighted by atomic mass is 10.2. The van der Waals surface area contributed by atoms with Gasteiger partial charge in [-0.15, -0.1) is 0 Å². The normalized spacial score (nSPS) is 10.3. The van der Waals surface area contributed by atoms with Crippen LogP contribution in [0.3, 0.4) is 0 Å². The Labute approximate surface area is 182 Å². The van der Waals surface area contributed by atoms with Crippen molar-refractivity contribution < 1.29 is 24.2 Å². The van der Waals surface area contributed by atoms with E-state index < -0.39 is 12.1 Å². The predicted octanol–water partition coefficient (Wildman–Crippen LogP) is 4.95. The summed E-state index contributed by atoms with van der Waals surface area (Å²) in [5, 5.41) is 12.2. The molecule has 0 spiro atoms. The van der Waals surface area contributed by atoms with Gasteiger partial charge >= 0.3 is 6.16 Å². The van der Waals surface area contributed by atoms with E-state index in [9.17, 15) is 9.59 Å². The molecule has 0 saturated carbocycles. The number of aromatic nitrogens is 1. The van der Waals surface area contributed by atoms with E-state index in [0.717, 1.165) is 5.56 Å². The number of rotatable bonds is 7.